The van der Waals surface area contributed by atoms with Crippen LogP contribution < -0.4 is 10.6 Å². The van der Waals surface area contributed by atoms with Gasteiger partial charge in [-0.1, -0.05) is 72.8 Å². The van der Waals surface area contributed by atoms with Crippen molar-refractivity contribution in [3.8, 4) is 5.75 Å². The third-order valence-electron chi connectivity index (χ3n) is 6.26. The molecule has 0 spiro atoms. The van der Waals surface area contributed by atoms with E-state index in [4.69, 9.17) is 4.74 Å². The van der Waals surface area contributed by atoms with Crippen LogP contribution in [0, 0.1) is 0 Å². The number of alkyl carbamates (subject to hydrolysis) is 1. The molecule has 0 saturated carbocycles. The van der Waals surface area contributed by atoms with Crippen molar-refractivity contribution in [2.24, 2.45) is 0 Å². The summed E-state index contributed by atoms with van der Waals surface area (Å²) in [4.78, 5) is 42.8. The standard InChI is InChI=1S/C33H41N3O5/c1-32(2,3)36(30(39)27(21-23-13-9-7-10-14-23)35-31(40)41-33(4,5)6)28(25-17-19-26(37)20-18-25)29(38)34-22-24-15-11-8-12-16-24/h7-20,27-28,37H,21-22H2,1-6H3,(H,34,38)(H,35,40). The number of hydrogen-bond acceptors (Lipinski definition) is 5. The van der Waals surface area contributed by atoms with Crippen LogP contribution >= 0.6 is 0 Å². The van der Waals surface area contributed by atoms with Gasteiger partial charge >= 0.3 is 6.09 Å². The van der Waals surface area contributed by atoms with Crippen molar-refractivity contribution in [1.29, 1.82) is 0 Å². The highest BCUT2D eigenvalue weighted by atomic mass is 16.6. The summed E-state index contributed by atoms with van der Waals surface area (Å²) in [7, 11) is 0. The number of aromatic hydroxyl groups is 1. The number of benzene rings is 3. The van der Waals surface area contributed by atoms with E-state index in [-0.39, 0.29) is 18.7 Å². The van der Waals surface area contributed by atoms with Crippen LogP contribution in [0.5, 0.6) is 5.75 Å². The molecule has 8 nitrogen and oxygen atoms in total. The van der Waals surface area contributed by atoms with E-state index in [1.807, 2.05) is 81.4 Å². The summed E-state index contributed by atoms with van der Waals surface area (Å²) in [5.41, 5.74) is 0.666. The molecule has 0 aliphatic rings. The first-order valence-electron chi connectivity index (χ1n) is 13.7. The molecule has 0 radical (unpaired) electrons. The highest BCUT2D eigenvalue weighted by molar-refractivity contribution is 5.92. The lowest BCUT2D eigenvalue weighted by molar-refractivity contribution is -0.148. The maximum Gasteiger partial charge on any atom is 0.408 e. The van der Waals surface area contributed by atoms with Crippen molar-refractivity contribution in [2.45, 2.75) is 77.7 Å². The Balaban J connectivity index is 2.03. The number of nitrogens with zero attached hydrogens (tertiary/aromatic N) is 1. The number of nitrogens with one attached hydrogen (secondary N) is 2. The Kier molecular flexibility index (Phi) is 10.2. The first kappa shape index (κ1) is 31.2. The molecule has 3 aromatic carbocycles. The Morgan fingerprint density at radius 3 is 1.85 bits per heavy atom. The molecule has 3 amide bonds. The molecule has 0 aromatic heterocycles. The summed E-state index contributed by atoms with van der Waals surface area (Å²) in [6.07, 6.45) is -0.533. The topological polar surface area (TPSA) is 108 Å². The summed E-state index contributed by atoms with van der Waals surface area (Å²) < 4.78 is 5.49. The van der Waals surface area contributed by atoms with Crippen LogP contribution in [-0.4, -0.2) is 45.1 Å². The van der Waals surface area contributed by atoms with E-state index in [2.05, 4.69) is 10.6 Å². The van der Waals surface area contributed by atoms with E-state index in [0.717, 1.165) is 11.1 Å². The maximum absolute atomic E-state index is 14.5. The predicted octanol–water partition coefficient (Wildman–Crippen LogP) is 5.51. The minimum Gasteiger partial charge on any atom is -0.508 e. The molecule has 2 atom stereocenters. The monoisotopic (exact) mass is 559 g/mol. The van der Waals surface area contributed by atoms with Gasteiger partial charge in [0.15, 0.2) is 0 Å². The van der Waals surface area contributed by atoms with E-state index < -0.39 is 41.1 Å². The molecule has 0 fully saturated rings. The molecule has 0 aliphatic heterocycles. The number of carbonyl (C=O) groups is 3. The van der Waals surface area contributed by atoms with E-state index >= 15 is 0 Å². The SMILES string of the molecule is CC(C)(C)OC(=O)NC(Cc1ccccc1)C(=O)N(C(C(=O)NCc1ccccc1)c1ccc(O)cc1)C(C)(C)C. The fourth-order valence-electron chi connectivity index (χ4n) is 4.47. The first-order valence-corrected chi connectivity index (χ1v) is 13.7. The first-order chi connectivity index (χ1) is 19.2. The largest absolute Gasteiger partial charge is 0.508 e. The van der Waals surface area contributed by atoms with Crippen molar-refractivity contribution in [2.75, 3.05) is 0 Å². The zero-order chi connectivity index (χ0) is 30.2. The maximum atomic E-state index is 14.5. The van der Waals surface area contributed by atoms with Gasteiger partial charge in [0.05, 0.1) is 0 Å². The van der Waals surface area contributed by atoms with Crippen molar-refractivity contribution in [1.82, 2.24) is 15.5 Å². The lowest BCUT2D eigenvalue weighted by Crippen LogP contribution is -2.59. The number of ether oxygens (including phenoxy) is 1. The molecule has 8 heteroatoms. The van der Waals surface area contributed by atoms with Crippen molar-refractivity contribution in [3.63, 3.8) is 0 Å². The minimum absolute atomic E-state index is 0.0411. The highest BCUT2D eigenvalue weighted by Gasteiger charge is 2.42. The van der Waals surface area contributed by atoms with E-state index in [1.54, 1.807) is 32.9 Å². The molecule has 3 N–H and O–H groups in total. The second-order valence-corrected chi connectivity index (χ2v) is 12.0. The van der Waals surface area contributed by atoms with Crippen LogP contribution in [0.3, 0.4) is 0 Å². The summed E-state index contributed by atoms with van der Waals surface area (Å²) in [5.74, 6) is -0.793. The zero-order valence-corrected chi connectivity index (χ0v) is 24.7. The molecule has 3 aromatic rings. The van der Waals surface area contributed by atoms with Gasteiger partial charge in [-0.2, -0.15) is 0 Å². The third-order valence-corrected chi connectivity index (χ3v) is 6.26. The molecule has 218 valence electrons. The van der Waals surface area contributed by atoms with Crippen LogP contribution in [0.2, 0.25) is 0 Å². The van der Waals surface area contributed by atoms with E-state index in [1.165, 1.54) is 17.0 Å². The van der Waals surface area contributed by atoms with Gasteiger partial charge in [-0.25, -0.2) is 4.79 Å². The highest BCUT2D eigenvalue weighted by Crippen LogP contribution is 2.31. The van der Waals surface area contributed by atoms with Gasteiger partial charge in [0.1, 0.15) is 23.4 Å². The second-order valence-electron chi connectivity index (χ2n) is 12.0. The number of carbonyl (C=O) groups excluding carboxylic acids is 3. The van der Waals surface area contributed by atoms with Crippen LogP contribution in [-0.2, 0) is 27.3 Å². The summed E-state index contributed by atoms with van der Waals surface area (Å²) >= 11 is 0. The molecule has 3 rings (SSSR count). The number of hydrogen-bond donors (Lipinski definition) is 3. The second kappa shape index (κ2) is 13.4. The van der Waals surface area contributed by atoms with Gasteiger partial charge in [-0.05, 0) is 70.4 Å². The third kappa shape index (κ3) is 9.38. The molecule has 0 bridgehead atoms. The molecular formula is C33H41N3O5. The average Bonchev–Trinajstić information content (AvgIpc) is 2.89. The van der Waals surface area contributed by atoms with Crippen LogP contribution in [0.25, 0.3) is 0 Å². The molecular weight excluding hydrogens is 518 g/mol. The van der Waals surface area contributed by atoms with Crippen LogP contribution in [0.4, 0.5) is 4.79 Å². The Labute approximate surface area is 242 Å². The zero-order valence-electron chi connectivity index (χ0n) is 24.7. The number of phenols is 1. The average molecular weight is 560 g/mol. The quantitative estimate of drug-likeness (QED) is 0.320. The van der Waals surface area contributed by atoms with Gasteiger partial charge in [0, 0.05) is 18.5 Å². The normalized spacial score (nSPS) is 13.0. The number of amides is 3. The minimum atomic E-state index is -1.05. The molecule has 41 heavy (non-hydrogen) atoms. The van der Waals surface area contributed by atoms with E-state index in [9.17, 15) is 19.5 Å². The van der Waals surface area contributed by atoms with E-state index in [0.29, 0.717) is 5.56 Å². The number of phenolic OH excluding ortho intramolecular Hbond substituents is 1. The summed E-state index contributed by atoms with van der Waals surface area (Å²) in [5, 5.41) is 15.7. The van der Waals surface area contributed by atoms with Crippen LogP contribution in [0.15, 0.2) is 84.9 Å². The number of rotatable bonds is 9. The predicted molar refractivity (Wildman–Crippen MR) is 159 cm³/mol. The lowest BCUT2D eigenvalue weighted by Gasteiger charge is -2.43. The van der Waals surface area contributed by atoms with Gasteiger partial charge < -0.3 is 25.4 Å². The Hall–Kier alpha value is -4.33. The molecule has 0 heterocycles. The van der Waals surface area contributed by atoms with Gasteiger partial charge in [-0.15, -0.1) is 0 Å². The van der Waals surface area contributed by atoms with Crippen molar-refractivity contribution < 1.29 is 24.2 Å². The van der Waals surface area contributed by atoms with Crippen LogP contribution in [0.1, 0.15) is 64.3 Å². The Morgan fingerprint density at radius 1 is 0.805 bits per heavy atom. The molecule has 0 saturated heterocycles. The fourth-order valence-corrected chi connectivity index (χ4v) is 4.47. The summed E-state index contributed by atoms with van der Waals surface area (Å²) in [6, 6.07) is 23.0. The Morgan fingerprint density at radius 2 is 1.34 bits per heavy atom. The summed E-state index contributed by atoms with van der Waals surface area (Å²) in [6.45, 7) is 11.0. The Bertz CT molecular complexity index is 1300. The van der Waals surface area contributed by atoms with Gasteiger partial charge in [0.2, 0.25) is 11.8 Å². The lowest BCUT2D eigenvalue weighted by atomic mass is 9.94. The molecule has 2 unspecified atom stereocenters. The molecule has 0 aliphatic carbocycles. The van der Waals surface area contributed by atoms with Gasteiger partial charge in [-0.3, -0.25) is 9.59 Å². The fraction of sp³-hybridized carbons (Fsp3) is 0.364. The van der Waals surface area contributed by atoms with Crippen molar-refractivity contribution >= 4 is 17.9 Å². The van der Waals surface area contributed by atoms with Crippen molar-refractivity contribution in [3.05, 3.63) is 102 Å². The van der Waals surface area contributed by atoms with Gasteiger partial charge in [0.25, 0.3) is 0 Å². The smallest absolute Gasteiger partial charge is 0.408 e.